The first-order valence-electron chi connectivity index (χ1n) is 4.38. The Kier molecular flexibility index (Phi) is 5.81. The van der Waals surface area contributed by atoms with Gasteiger partial charge in [0.05, 0.1) is 0 Å². The van der Waals surface area contributed by atoms with E-state index in [0.29, 0.717) is 12.2 Å². The van der Waals surface area contributed by atoms with Crippen LogP contribution in [0.5, 0.6) is 0 Å². The second kappa shape index (κ2) is 6.14. The Bertz CT molecular complexity index is 145. The second-order valence-corrected chi connectivity index (χ2v) is 2.83. The maximum Gasteiger partial charge on any atom is 0.130 e. The average molecular weight is 154 g/mol. The fourth-order valence-corrected chi connectivity index (χ4v) is 1.05. The van der Waals surface area contributed by atoms with Gasteiger partial charge in [0.25, 0.3) is 0 Å². The lowest BCUT2D eigenvalue weighted by atomic mass is 10.1. The summed E-state index contributed by atoms with van der Waals surface area (Å²) in [6.07, 6.45) is 6.06. The molecular formula is C10H18O. The first-order chi connectivity index (χ1) is 5.20. The summed E-state index contributed by atoms with van der Waals surface area (Å²) in [5, 5.41) is 0. The second-order valence-electron chi connectivity index (χ2n) is 2.83. The highest BCUT2D eigenvalue weighted by Crippen LogP contribution is 2.10. The fraction of sp³-hybridized carbons (Fsp3) is 0.700. The maximum atomic E-state index is 10.6. The van der Waals surface area contributed by atoms with E-state index in [9.17, 15) is 4.79 Å². The van der Waals surface area contributed by atoms with E-state index in [0.717, 1.165) is 19.3 Å². The van der Waals surface area contributed by atoms with Crippen LogP contribution in [0.3, 0.4) is 0 Å². The topological polar surface area (TPSA) is 17.1 Å². The van der Waals surface area contributed by atoms with Gasteiger partial charge in [0.15, 0.2) is 0 Å². The molecule has 0 saturated heterocycles. The van der Waals surface area contributed by atoms with Crippen LogP contribution >= 0.6 is 0 Å². The van der Waals surface area contributed by atoms with Crippen molar-refractivity contribution >= 4 is 5.78 Å². The molecule has 0 amide bonds. The summed E-state index contributed by atoms with van der Waals surface area (Å²) in [5.74, 6) is 0.292. The Balaban J connectivity index is 3.69. The van der Waals surface area contributed by atoms with Crippen LogP contribution in [-0.4, -0.2) is 5.78 Å². The molecule has 0 aliphatic rings. The van der Waals surface area contributed by atoms with E-state index < -0.39 is 0 Å². The molecule has 0 heterocycles. The van der Waals surface area contributed by atoms with Crippen LogP contribution in [-0.2, 0) is 4.79 Å². The predicted octanol–water partition coefficient (Wildman–Crippen LogP) is 3.10. The molecule has 0 spiro atoms. The Morgan fingerprint density at radius 1 is 1.27 bits per heavy atom. The van der Waals surface area contributed by atoms with Gasteiger partial charge in [-0.25, -0.2) is 0 Å². The highest BCUT2D eigenvalue weighted by molar-refractivity contribution is 5.75. The lowest BCUT2D eigenvalue weighted by molar-refractivity contribution is -0.116. The number of hydrogen-bond donors (Lipinski definition) is 0. The van der Waals surface area contributed by atoms with Gasteiger partial charge in [0.2, 0.25) is 0 Å². The SMILES string of the molecule is CCC=C(CC)CCC(C)=O. The van der Waals surface area contributed by atoms with Gasteiger partial charge in [0.1, 0.15) is 5.78 Å². The minimum Gasteiger partial charge on any atom is -0.300 e. The summed E-state index contributed by atoms with van der Waals surface area (Å²) in [7, 11) is 0. The molecule has 0 radical (unpaired) electrons. The first-order valence-corrected chi connectivity index (χ1v) is 4.38. The van der Waals surface area contributed by atoms with Crippen LogP contribution in [0.2, 0.25) is 0 Å². The van der Waals surface area contributed by atoms with Crippen molar-refractivity contribution in [1.82, 2.24) is 0 Å². The van der Waals surface area contributed by atoms with Crippen molar-refractivity contribution in [3.63, 3.8) is 0 Å². The maximum absolute atomic E-state index is 10.6. The van der Waals surface area contributed by atoms with E-state index in [4.69, 9.17) is 0 Å². The van der Waals surface area contributed by atoms with Crippen LogP contribution in [0, 0.1) is 0 Å². The fourth-order valence-electron chi connectivity index (χ4n) is 1.05. The van der Waals surface area contributed by atoms with Crippen LogP contribution in [0.25, 0.3) is 0 Å². The predicted molar refractivity (Wildman–Crippen MR) is 48.6 cm³/mol. The number of ketones is 1. The third kappa shape index (κ3) is 5.84. The molecule has 0 fully saturated rings. The smallest absolute Gasteiger partial charge is 0.130 e. The van der Waals surface area contributed by atoms with Gasteiger partial charge in [-0.1, -0.05) is 25.5 Å². The largest absolute Gasteiger partial charge is 0.300 e. The third-order valence-electron chi connectivity index (χ3n) is 1.75. The minimum atomic E-state index is 0.292. The van der Waals surface area contributed by atoms with Crippen LogP contribution in [0.15, 0.2) is 11.6 Å². The van der Waals surface area contributed by atoms with Gasteiger partial charge in [-0.05, 0) is 26.2 Å². The molecule has 0 bridgehead atoms. The third-order valence-corrected chi connectivity index (χ3v) is 1.75. The van der Waals surface area contributed by atoms with E-state index in [-0.39, 0.29) is 0 Å². The molecule has 0 N–H and O–H groups in total. The highest BCUT2D eigenvalue weighted by Gasteiger charge is 1.96. The van der Waals surface area contributed by atoms with E-state index in [1.54, 1.807) is 6.92 Å². The number of carbonyl (C=O) groups is 1. The Hall–Kier alpha value is -0.590. The molecule has 0 unspecified atom stereocenters. The number of rotatable bonds is 5. The quantitative estimate of drug-likeness (QED) is 0.556. The van der Waals surface area contributed by atoms with Crippen molar-refractivity contribution < 1.29 is 4.79 Å². The van der Waals surface area contributed by atoms with Crippen LogP contribution in [0.1, 0.15) is 46.5 Å². The lowest BCUT2D eigenvalue weighted by Gasteiger charge is -2.00. The Morgan fingerprint density at radius 2 is 1.91 bits per heavy atom. The zero-order chi connectivity index (χ0) is 8.69. The zero-order valence-corrected chi connectivity index (χ0v) is 7.81. The molecule has 0 aliphatic heterocycles. The number of Topliss-reactive ketones (excluding diaryl/α,β-unsaturated/α-hetero) is 1. The van der Waals surface area contributed by atoms with Crippen molar-refractivity contribution in [2.24, 2.45) is 0 Å². The molecule has 64 valence electrons. The van der Waals surface area contributed by atoms with Gasteiger partial charge < -0.3 is 4.79 Å². The van der Waals surface area contributed by atoms with Crippen molar-refractivity contribution in [3.8, 4) is 0 Å². The van der Waals surface area contributed by atoms with Gasteiger partial charge >= 0.3 is 0 Å². The lowest BCUT2D eigenvalue weighted by Crippen LogP contribution is -1.91. The molecule has 1 heteroatoms. The highest BCUT2D eigenvalue weighted by atomic mass is 16.1. The molecule has 11 heavy (non-hydrogen) atoms. The van der Waals surface area contributed by atoms with Gasteiger partial charge in [-0.2, -0.15) is 0 Å². The Morgan fingerprint density at radius 3 is 2.27 bits per heavy atom. The monoisotopic (exact) mass is 154 g/mol. The molecule has 0 aromatic carbocycles. The molecular weight excluding hydrogens is 136 g/mol. The van der Waals surface area contributed by atoms with Crippen LogP contribution < -0.4 is 0 Å². The molecule has 0 aromatic rings. The van der Waals surface area contributed by atoms with E-state index in [2.05, 4.69) is 19.9 Å². The van der Waals surface area contributed by atoms with Crippen molar-refractivity contribution in [2.45, 2.75) is 46.5 Å². The van der Waals surface area contributed by atoms with E-state index >= 15 is 0 Å². The Labute approximate surface area is 69.5 Å². The average Bonchev–Trinajstić information content (AvgIpc) is 1.97. The number of allylic oxidation sites excluding steroid dienone is 2. The minimum absolute atomic E-state index is 0.292. The van der Waals surface area contributed by atoms with E-state index in [1.807, 2.05) is 0 Å². The molecule has 1 nitrogen and oxygen atoms in total. The first kappa shape index (κ1) is 10.4. The van der Waals surface area contributed by atoms with Crippen molar-refractivity contribution in [3.05, 3.63) is 11.6 Å². The molecule has 0 saturated carbocycles. The van der Waals surface area contributed by atoms with Crippen molar-refractivity contribution in [1.29, 1.82) is 0 Å². The number of carbonyl (C=O) groups excluding carboxylic acids is 1. The summed E-state index contributed by atoms with van der Waals surface area (Å²) < 4.78 is 0. The van der Waals surface area contributed by atoms with Crippen molar-refractivity contribution in [2.75, 3.05) is 0 Å². The van der Waals surface area contributed by atoms with Gasteiger partial charge in [-0.15, -0.1) is 0 Å². The summed E-state index contributed by atoms with van der Waals surface area (Å²) in [5.41, 5.74) is 1.42. The normalized spacial score (nSPS) is 11.7. The molecule has 0 atom stereocenters. The summed E-state index contributed by atoms with van der Waals surface area (Å²) in [6, 6.07) is 0. The molecule has 0 aromatic heterocycles. The molecule has 0 rings (SSSR count). The zero-order valence-electron chi connectivity index (χ0n) is 7.81. The van der Waals surface area contributed by atoms with Crippen LogP contribution in [0.4, 0.5) is 0 Å². The van der Waals surface area contributed by atoms with E-state index in [1.165, 1.54) is 5.57 Å². The standard InChI is InChI=1S/C10H18O/c1-4-6-10(5-2)8-7-9(3)11/h6H,4-5,7-8H2,1-3H3. The molecule has 0 aliphatic carbocycles. The summed E-state index contributed by atoms with van der Waals surface area (Å²) in [6.45, 7) is 5.92. The number of hydrogen-bond acceptors (Lipinski definition) is 1. The van der Waals surface area contributed by atoms with Gasteiger partial charge in [-0.3, -0.25) is 0 Å². The summed E-state index contributed by atoms with van der Waals surface area (Å²) in [4.78, 5) is 10.6. The summed E-state index contributed by atoms with van der Waals surface area (Å²) >= 11 is 0. The van der Waals surface area contributed by atoms with Gasteiger partial charge in [0, 0.05) is 6.42 Å².